The first-order chi connectivity index (χ1) is 14.0. The molecule has 0 fully saturated rings. The summed E-state index contributed by atoms with van der Waals surface area (Å²) in [5, 5.41) is 19.5. The van der Waals surface area contributed by atoms with Crippen molar-refractivity contribution in [2.24, 2.45) is 0 Å². The van der Waals surface area contributed by atoms with E-state index in [9.17, 15) is 9.90 Å². The molecule has 4 aromatic rings. The number of aryl methyl sites for hydroxylation is 1. The van der Waals surface area contributed by atoms with Crippen LogP contribution in [-0.4, -0.2) is 27.1 Å². The predicted molar refractivity (Wildman–Crippen MR) is 111 cm³/mol. The first kappa shape index (κ1) is 18.9. The lowest BCUT2D eigenvalue weighted by Gasteiger charge is -2.09. The van der Waals surface area contributed by atoms with Gasteiger partial charge in [-0.1, -0.05) is 23.9 Å². The van der Waals surface area contributed by atoms with Gasteiger partial charge < -0.3 is 20.1 Å². The molecule has 2 heterocycles. The Morgan fingerprint density at radius 3 is 2.83 bits per heavy atom. The average molecular weight is 410 g/mol. The zero-order valence-corrected chi connectivity index (χ0v) is 16.6. The van der Waals surface area contributed by atoms with Crippen LogP contribution >= 0.6 is 11.8 Å². The summed E-state index contributed by atoms with van der Waals surface area (Å²) in [6, 6.07) is 12.1. The van der Waals surface area contributed by atoms with Gasteiger partial charge in [0.05, 0.1) is 12.7 Å². The van der Waals surface area contributed by atoms with Gasteiger partial charge >= 0.3 is 5.63 Å². The molecular weight excluding hydrogens is 392 g/mol. The molecule has 148 valence electrons. The SMILES string of the molecule is COc1ccccc1-c1nnc(SCc2cc(=O)oc3c(C)c(O)ccc23)n1N. The molecule has 0 amide bonds. The first-order valence-corrected chi connectivity index (χ1v) is 9.70. The van der Waals surface area contributed by atoms with Crippen LogP contribution in [0.25, 0.3) is 22.4 Å². The molecule has 0 radical (unpaired) electrons. The van der Waals surface area contributed by atoms with E-state index in [1.54, 1.807) is 26.2 Å². The van der Waals surface area contributed by atoms with Crippen molar-refractivity contribution in [2.75, 3.05) is 13.0 Å². The Balaban J connectivity index is 1.67. The summed E-state index contributed by atoms with van der Waals surface area (Å²) in [7, 11) is 1.58. The number of nitrogen functional groups attached to an aromatic ring is 1. The van der Waals surface area contributed by atoms with Crippen molar-refractivity contribution in [1.29, 1.82) is 0 Å². The fourth-order valence-corrected chi connectivity index (χ4v) is 3.91. The quantitative estimate of drug-likeness (QED) is 0.293. The predicted octanol–water partition coefficient (Wildman–Crippen LogP) is 3.08. The van der Waals surface area contributed by atoms with Crippen LogP contribution < -0.4 is 16.2 Å². The number of thioether (sulfide) groups is 1. The summed E-state index contributed by atoms with van der Waals surface area (Å²) in [4.78, 5) is 12.0. The Bertz CT molecular complexity index is 1270. The van der Waals surface area contributed by atoms with Gasteiger partial charge in [0.2, 0.25) is 5.16 Å². The molecule has 0 spiro atoms. The molecule has 0 aliphatic carbocycles. The fraction of sp³-hybridized carbons (Fsp3) is 0.150. The van der Waals surface area contributed by atoms with Gasteiger partial charge in [-0.25, -0.2) is 9.47 Å². The van der Waals surface area contributed by atoms with E-state index in [0.717, 1.165) is 16.5 Å². The van der Waals surface area contributed by atoms with Crippen molar-refractivity contribution in [3.63, 3.8) is 0 Å². The molecule has 0 saturated heterocycles. The highest BCUT2D eigenvalue weighted by Crippen LogP contribution is 2.32. The molecule has 29 heavy (non-hydrogen) atoms. The zero-order chi connectivity index (χ0) is 20.5. The highest BCUT2D eigenvalue weighted by Gasteiger charge is 2.17. The second-order valence-corrected chi connectivity index (χ2v) is 7.28. The Morgan fingerprint density at radius 2 is 2.03 bits per heavy atom. The molecule has 0 aliphatic heterocycles. The molecule has 0 saturated carbocycles. The molecule has 0 aliphatic rings. The van der Waals surface area contributed by atoms with Crippen LogP contribution in [0.4, 0.5) is 0 Å². The van der Waals surface area contributed by atoms with Gasteiger partial charge in [0.1, 0.15) is 17.1 Å². The maximum atomic E-state index is 12.0. The van der Waals surface area contributed by atoms with Crippen LogP contribution in [0.2, 0.25) is 0 Å². The number of aromatic nitrogens is 3. The average Bonchev–Trinajstić information content (AvgIpc) is 3.09. The number of nitrogens with zero attached hydrogens (tertiary/aromatic N) is 3. The summed E-state index contributed by atoms with van der Waals surface area (Å²) < 4.78 is 12.0. The summed E-state index contributed by atoms with van der Waals surface area (Å²) >= 11 is 1.34. The van der Waals surface area contributed by atoms with Gasteiger partial charge in [0.15, 0.2) is 5.82 Å². The largest absolute Gasteiger partial charge is 0.508 e. The fourth-order valence-electron chi connectivity index (χ4n) is 3.07. The first-order valence-electron chi connectivity index (χ1n) is 8.71. The standard InChI is InChI=1S/C20H18N4O4S/c1-11-15(25)8-7-13-12(9-17(26)28-18(11)13)10-29-20-23-22-19(24(20)21)14-5-3-4-6-16(14)27-2/h3-9,25H,10,21H2,1-2H3. The Morgan fingerprint density at radius 1 is 1.24 bits per heavy atom. The van der Waals surface area contributed by atoms with Crippen LogP contribution in [0.3, 0.4) is 0 Å². The number of para-hydroxylation sites is 1. The van der Waals surface area contributed by atoms with E-state index in [2.05, 4.69) is 10.2 Å². The number of fused-ring (bicyclic) bond motifs is 1. The molecule has 2 aromatic carbocycles. The van der Waals surface area contributed by atoms with Gasteiger partial charge in [0.25, 0.3) is 0 Å². The number of aromatic hydroxyl groups is 1. The third-order valence-electron chi connectivity index (χ3n) is 4.59. The topological polar surface area (TPSA) is 116 Å². The number of benzene rings is 2. The van der Waals surface area contributed by atoms with E-state index in [-0.39, 0.29) is 5.75 Å². The van der Waals surface area contributed by atoms with Crippen molar-refractivity contribution in [3.05, 3.63) is 64.0 Å². The lowest BCUT2D eigenvalue weighted by atomic mass is 10.1. The van der Waals surface area contributed by atoms with Crippen LogP contribution in [0, 0.1) is 6.92 Å². The molecule has 8 nitrogen and oxygen atoms in total. The maximum absolute atomic E-state index is 12.0. The zero-order valence-electron chi connectivity index (χ0n) is 15.7. The number of nitrogens with two attached hydrogens (primary N) is 1. The minimum atomic E-state index is -0.481. The number of hydrogen-bond acceptors (Lipinski definition) is 8. The van der Waals surface area contributed by atoms with Gasteiger partial charge in [0, 0.05) is 22.8 Å². The minimum Gasteiger partial charge on any atom is -0.508 e. The van der Waals surface area contributed by atoms with E-state index in [4.69, 9.17) is 15.0 Å². The van der Waals surface area contributed by atoms with E-state index in [0.29, 0.717) is 33.6 Å². The van der Waals surface area contributed by atoms with Crippen LogP contribution in [-0.2, 0) is 5.75 Å². The lowest BCUT2D eigenvalue weighted by molar-refractivity contribution is 0.416. The molecule has 9 heteroatoms. The summed E-state index contributed by atoms with van der Waals surface area (Å²) in [5.41, 5.74) is 1.90. The third kappa shape index (κ3) is 3.40. The molecule has 0 unspecified atom stereocenters. The van der Waals surface area contributed by atoms with E-state index in [1.807, 2.05) is 24.3 Å². The molecule has 4 rings (SSSR count). The van der Waals surface area contributed by atoms with Crippen LogP contribution in [0.15, 0.2) is 56.8 Å². The summed E-state index contributed by atoms with van der Waals surface area (Å²) in [6.07, 6.45) is 0. The number of rotatable bonds is 5. The number of phenolic OH excluding ortho intramolecular Hbond substituents is 1. The smallest absolute Gasteiger partial charge is 0.336 e. The van der Waals surface area contributed by atoms with Gasteiger partial charge in [-0.15, -0.1) is 10.2 Å². The van der Waals surface area contributed by atoms with Gasteiger partial charge in [-0.2, -0.15) is 0 Å². The van der Waals surface area contributed by atoms with E-state index < -0.39 is 5.63 Å². The number of ether oxygens (including phenoxy) is 1. The van der Waals surface area contributed by atoms with Gasteiger partial charge in [-0.05, 0) is 36.8 Å². The highest BCUT2D eigenvalue weighted by molar-refractivity contribution is 7.98. The molecule has 3 N–H and O–H groups in total. The number of phenols is 1. The monoisotopic (exact) mass is 410 g/mol. The normalized spacial score (nSPS) is 11.1. The Kier molecular flexibility index (Phi) is 4.89. The molecule has 0 bridgehead atoms. The van der Waals surface area contributed by atoms with Crippen LogP contribution in [0.5, 0.6) is 11.5 Å². The van der Waals surface area contributed by atoms with Crippen molar-refractivity contribution in [1.82, 2.24) is 14.9 Å². The van der Waals surface area contributed by atoms with Crippen molar-refractivity contribution in [2.45, 2.75) is 17.8 Å². The van der Waals surface area contributed by atoms with Crippen molar-refractivity contribution in [3.8, 4) is 22.9 Å². The maximum Gasteiger partial charge on any atom is 0.336 e. The Labute approximate surface area is 169 Å². The third-order valence-corrected chi connectivity index (χ3v) is 5.58. The second-order valence-electron chi connectivity index (χ2n) is 6.34. The second kappa shape index (κ2) is 7.51. The summed E-state index contributed by atoms with van der Waals surface area (Å²) in [5.74, 6) is 7.83. The van der Waals surface area contributed by atoms with Crippen molar-refractivity contribution < 1.29 is 14.3 Å². The Hall–Kier alpha value is -3.46. The lowest BCUT2D eigenvalue weighted by Crippen LogP contribution is -2.12. The molecule has 0 atom stereocenters. The minimum absolute atomic E-state index is 0.0774. The highest BCUT2D eigenvalue weighted by atomic mass is 32.2. The van der Waals surface area contributed by atoms with E-state index >= 15 is 0 Å². The van der Waals surface area contributed by atoms with Crippen molar-refractivity contribution >= 4 is 22.7 Å². The van der Waals surface area contributed by atoms with Crippen LogP contribution in [0.1, 0.15) is 11.1 Å². The van der Waals surface area contributed by atoms with Gasteiger partial charge in [-0.3, -0.25) is 0 Å². The summed E-state index contributed by atoms with van der Waals surface area (Å²) in [6.45, 7) is 1.70. The number of methoxy groups -OCH3 is 1. The molecule has 2 aromatic heterocycles. The number of hydrogen-bond donors (Lipinski definition) is 2. The molecular formula is C20H18N4O4S. The van der Waals surface area contributed by atoms with E-state index in [1.165, 1.54) is 22.5 Å².